The van der Waals surface area contributed by atoms with Crippen molar-refractivity contribution < 1.29 is 9.66 Å². The van der Waals surface area contributed by atoms with E-state index in [-0.39, 0.29) is 17.5 Å². The van der Waals surface area contributed by atoms with Gasteiger partial charge < -0.3 is 10.1 Å². The van der Waals surface area contributed by atoms with Gasteiger partial charge in [-0.15, -0.1) is 11.3 Å². The molecule has 1 aromatic heterocycles. The number of benzene rings is 1. The zero-order valence-electron chi connectivity index (χ0n) is 11.2. The van der Waals surface area contributed by atoms with Crippen molar-refractivity contribution >= 4 is 22.7 Å². The van der Waals surface area contributed by atoms with Gasteiger partial charge in [0, 0.05) is 11.6 Å². The molecule has 2 aromatic rings. The van der Waals surface area contributed by atoms with Crippen molar-refractivity contribution in [3.63, 3.8) is 0 Å². The van der Waals surface area contributed by atoms with Crippen LogP contribution >= 0.6 is 11.3 Å². The molecular formula is C13H15N3O3S. The van der Waals surface area contributed by atoms with Crippen LogP contribution in [0.1, 0.15) is 24.9 Å². The van der Waals surface area contributed by atoms with E-state index in [0.29, 0.717) is 12.3 Å². The molecule has 7 heteroatoms. The van der Waals surface area contributed by atoms with Gasteiger partial charge in [-0.1, -0.05) is 6.07 Å². The number of nitro groups is 1. The van der Waals surface area contributed by atoms with Gasteiger partial charge in [0.05, 0.1) is 17.6 Å². The van der Waals surface area contributed by atoms with E-state index in [1.165, 1.54) is 11.3 Å². The molecule has 2 rings (SSSR count). The number of hydrogen-bond acceptors (Lipinski definition) is 6. The summed E-state index contributed by atoms with van der Waals surface area (Å²) < 4.78 is 5.32. The number of rotatable bonds is 6. The molecule has 0 radical (unpaired) electrons. The highest BCUT2D eigenvalue weighted by atomic mass is 32.1. The molecule has 1 aromatic carbocycles. The van der Waals surface area contributed by atoms with Gasteiger partial charge in [-0.3, -0.25) is 10.1 Å². The molecule has 0 bridgehead atoms. The standard InChI is InChI=1S/C13H15N3O3S/c1-3-19-11-6-4-5-10(12(11)16(17)18)15-9(2)13-14-7-8-20-13/h4-9,15H,3H2,1-2H3. The monoisotopic (exact) mass is 293 g/mol. The van der Waals surface area contributed by atoms with Gasteiger partial charge in [0.25, 0.3) is 0 Å². The van der Waals surface area contributed by atoms with Crippen molar-refractivity contribution in [2.75, 3.05) is 11.9 Å². The third-order valence-electron chi connectivity index (χ3n) is 2.68. The van der Waals surface area contributed by atoms with Crippen molar-refractivity contribution in [3.8, 4) is 5.75 Å². The van der Waals surface area contributed by atoms with Crippen molar-refractivity contribution in [2.24, 2.45) is 0 Å². The fraction of sp³-hybridized carbons (Fsp3) is 0.308. The van der Waals surface area contributed by atoms with Gasteiger partial charge in [-0.25, -0.2) is 4.98 Å². The Morgan fingerprint density at radius 2 is 2.35 bits per heavy atom. The van der Waals surface area contributed by atoms with E-state index in [9.17, 15) is 10.1 Å². The SMILES string of the molecule is CCOc1cccc(NC(C)c2nccs2)c1[N+](=O)[O-]. The van der Waals surface area contributed by atoms with Crippen LogP contribution in [0.15, 0.2) is 29.8 Å². The number of hydrogen-bond donors (Lipinski definition) is 1. The summed E-state index contributed by atoms with van der Waals surface area (Å²) in [5, 5.41) is 17.1. The number of thiazole rings is 1. The van der Waals surface area contributed by atoms with E-state index >= 15 is 0 Å². The lowest BCUT2D eigenvalue weighted by molar-refractivity contribution is -0.385. The maximum absolute atomic E-state index is 11.3. The van der Waals surface area contributed by atoms with Crippen LogP contribution in [0.5, 0.6) is 5.75 Å². The normalized spacial score (nSPS) is 11.9. The van der Waals surface area contributed by atoms with Crippen molar-refractivity contribution in [1.82, 2.24) is 4.98 Å². The molecule has 0 saturated heterocycles. The summed E-state index contributed by atoms with van der Waals surface area (Å²) >= 11 is 1.50. The maximum Gasteiger partial charge on any atom is 0.333 e. The lowest BCUT2D eigenvalue weighted by Crippen LogP contribution is -2.09. The summed E-state index contributed by atoms with van der Waals surface area (Å²) in [6.07, 6.45) is 1.71. The molecule has 1 atom stereocenters. The second-order valence-electron chi connectivity index (χ2n) is 4.08. The number of ether oxygens (including phenoxy) is 1. The van der Waals surface area contributed by atoms with E-state index in [4.69, 9.17) is 4.74 Å². The minimum Gasteiger partial charge on any atom is -0.487 e. The summed E-state index contributed by atoms with van der Waals surface area (Å²) in [4.78, 5) is 15.0. The van der Waals surface area contributed by atoms with Crippen molar-refractivity contribution in [1.29, 1.82) is 0 Å². The molecule has 0 saturated carbocycles. The maximum atomic E-state index is 11.3. The number of nitrogens with zero attached hydrogens (tertiary/aromatic N) is 2. The number of anilines is 1. The van der Waals surface area contributed by atoms with Gasteiger partial charge in [0.2, 0.25) is 0 Å². The topological polar surface area (TPSA) is 77.3 Å². The molecule has 0 aliphatic rings. The van der Waals surface area contributed by atoms with Crippen LogP contribution in [0.2, 0.25) is 0 Å². The average molecular weight is 293 g/mol. The van der Waals surface area contributed by atoms with Gasteiger partial charge in [0.1, 0.15) is 10.7 Å². The van der Waals surface area contributed by atoms with E-state index in [1.807, 2.05) is 12.3 Å². The second-order valence-corrected chi connectivity index (χ2v) is 5.00. The van der Waals surface area contributed by atoms with Crippen molar-refractivity contribution in [2.45, 2.75) is 19.9 Å². The Hall–Kier alpha value is -2.15. The Bertz CT molecular complexity index is 587. The highest BCUT2D eigenvalue weighted by molar-refractivity contribution is 7.09. The first kappa shape index (κ1) is 14.3. The fourth-order valence-electron chi connectivity index (χ4n) is 1.84. The van der Waals surface area contributed by atoms with Crippen LogP contribution in [0, 0.1) is 10.1 Å². The Morgan fingerprint density at radius 3 is 2.95 bits per heavy atom. The Kier molecular flexibility index (Phi) is 4.52. The van der Waals surface area contributed by atoms with Gasteiger partial charge in [0.15, 0.2) is 5.75 Å². The average Bonchev–Trinajstić information content (AvgIpc) is 2.92. The molecule has 1 unspecified atom stereocenters. The summed E-state index contributed by atoms with van der Waals surface area (Å²) in [5.41, 5.74) is 0.390. The summed E-state index contributed by atoms with van der Waals surface area (Å²) in [6.45, 7) is 4.09. The smallest absolute Gasteiger partial charge is 0.333 e. The zero-order valence-corrected chi connectivity index (χ0v) is 12.0. The fourth-order valence-corrected chi connectivity index (χ4v) is 2.49. The summed E-state index contributed by atoms with van der Waals surface area (Å²) in [6, 6.07) is 4.89. The third-order valence-corrected chi connectivity index (χ3v) is 3.63. The minimum absolute atomic E-state index is 0.0437. The lowest BCUT2D eigenvalue weighted by Gasteiger charge is -2.14. The Morgan fingerprint density at radius 1 is 1.55 bits per heavy atom. The predicted molar refractivity (Wildman–Crippen MR) is 78.4 cm³/mol. The van der Waals surface area contributed by atoms with Crippen LogP contribution in [-0.4, -0.2) is 16.5 Å². The van der Waals surface area contributed by atoms with E-state index in [1.54, 1.807) is 31.3 Å². The first-order valence-corrected chi connectivity index (χ1v) is 7.07. The van der Waals surface area contributed by atoms with Crippen LogP contribution in [0.25, 0.3) is 0 Å². The van der Waals surface area contributed by atoms with E-state index in [0.717, 1.165) is 5.01 Å². The second kappa shape index (κ2) is 6.33. The number of nitrogens with one attached hydrogen (secondary N) is 1. The Balaban J connectivity index is 2.31. The number of aromatic nitrogens is 1. The molecule has 1 N–H and O–H groups in total. The molecule has 6 nitrogen and oxygen atoms in total. The molecule has 106 valence electrons. The first-order valence-electron chi connectivity index (χ1n) is 6.19. The van der Waals surface area contributed by atoms with Crippen LogP contribution in [-0.2, 0) is 0 Å². The highest BCUT2D eigenvalue weighted by Gasteiger charge is 2.22. The predicted octanol–water partition coefficient (Wildman–Crippen LogP) is 3.62. The molecule has 0 aliphatic heterocycles. The summed E-state index contributed by atoms with van der Waals surface area (Å²) in [5.74, 6) is 0.272. The zero-order chi connectivity index (χ0) is 14.5. The molecule has 1 heterocycles. The quantitative estimate of drug-likeness (QED) is 0.650. The van der Waals surface area contributed by atoms with E-state index in [2.05, 4.69) is 10.3 Å². The largest absolute Gasteiger partial charge is 0.487 e. The summed E-state index contributed by atoms with van der Waals surface area (Å²) in [7, 11) is 0. The van der Waals surface area contributed by atoms with Gasteiger partial charge >= 0.3 is 5.69 Å². The lowest BCUT2D eigenvalue weighted by atomic mass is 10.2. The highest BCUT2D eigenvalue weighted by Crippen LogP contribution is 2.36. The van der Waals surface area contributed by atoms with E-state index < -0.39 is 4.92 Å². The van der Waals surface area contributed by atoms with Gasteiger partial charge in [-0.2, -0.15) is 0 Å². The molecular weight excluding hydrogens is 278 g/mol. The minimum atomic E-state index is -0.429. The molecule has 0 fully saturated rings. The molecule has 20 heavy (non-hydrogen) atoms. The molecule has 0 spiro atoms. The first-order chi connectivity index (χ1) is 9.63. The van der Waals surface area contributed by atoms with Crippen LogP contribution in [0.4, 0.5) is 11.4 Å². The third kappa shape index (κ3) is 3.05. The van der Waals surface area contributed by atoms with Crippen LogP contribution < -0.4 is 10.1 Å². The van der Waals surface area contributed by atoms with Crippen LogP contribution in [0.3, 0.4) is 0 Å². The molecule has 0 aliphatic carbocycles. The Labute approximate surface area is 120 Å². The molecule has 0 amide bonds. The number of nitro benzene ring substituents is 1. The number of para-hydroxylation sites is 1. The van der Waals surface area contributed by atoms with Crippen molar-refractivity contribution in [3.05, 3.63) is 44.9 Å². The van der Waals surface area contributed by atoms with Gasteiger partial charge in [-0.05, 0) is 26.0 Å².